The molecule has 1 aromatic carbocycles. The minimum absolute atomic E-state index is 0.0567. The van der Waals surface area contributed by atoms with Crippen molar-refractivity contribution in [1.29, 1.82) is 0 Å². The van der Waals surface area contributed by atoms with Gasteiger partial charge in [0.25, 0.3) is 11.5 Å². The predicted molar refractivity (Wildman–Crippen MR) is 102 cm³/mol. The van der Waals surface area contributed by atoms with Crippen LogP contribution in [0.25, 0.3) is 0 Å². The van der Waals surface area contributed by atoms with Crippen molar-refractivity contribution in [2.24, 2.45) is 0 Å². The third-order valence-corrected chi connectivity index (χ3v) is 3.96. The van der Waals surface area contributed by atoms with Gasteiger partial charge in [-0.3, -0.25) is 14.4 Å². The minimum Gasteiger partial charge on any atom is -0.383 e. The van der Waals surface area contributed by atoms with E-state index in [1.807, 2.05) is 32.9 Å². The zero-order chi connectivity index (χ0) is 20.0. The van der Waals surface area contributed by atoms with Crippen LogP contribution in [-0.2, 0) is 16.1 Å². The average molecular weight is 372 g/mol. The highest BCUT2D eigenvalue weighted by Crippen LogP contribution is 2.21. The van der Waals surface area contributed by atoms with Crippen molar-refractivity contribution in [3.05, 3.63) is 57.0 Å². The van der Waals surface area contributed by atoms with Gasteiger partial charge in [-0.15, -0.1) is 0 Å². The molecule has 0 atom stereocenters. The van der Waals surface area contributed by atoms with Crippen LogP contribution in [0.4, 0.5) is 5.69 Å². The first-order valence-electron chi connectivity index (χ1n) is 8.55. The summed E-state index contributed by atoms with van der Waals surface area (Å²) in [4.78, 5) is 36.1. The Hall–Kier alpha value is -3.00. The lowest BCUT2D eigenvalue weighted by molar-refractivity contribution is -0.115. The van der Waals surface area contributed by atoms with E-state index in [0.29, 0.717) is 6.61 Å². The first-order chi connectivity index (χ1) is 12.8. The maximum absolute atomic E-state index is 12.2. The Bertz CT molecular complexity index is 882. The first-order valence-corrected chi connectivity index (χ1v) is 8.55. The number of hydrogen-bond acceptors (Lipinski definition) is 5. The molecule has 1 heterocycles. The maximum atomic E-state index is 12.2. The predicted octanol–water partition coefficient (Wildman–Crippen LogP) is 1.18. The van der Waals surface area contributed by atoms with Gasteiger partial charge in [-0.05, 0) is 38.0 Å². The summed E-state index contributed by atoms with van der Waals surface area (Å²) < 4.78 is 6.06. The van der Waals surface area contributed by atoms with E-state index in [0.717, 1.165) is 27.1 Å². The van der Waals surface area contributed by atoms with E-state index < -0.39 is 5.91 Å². The van der Waals surface area contributed by atoms with Crippen molar-refractivity contribution in [2.75, 3.05) is 25.6 Å². The number of aromatic nitrogens is 2. The molecule has 2 N–H and O–H groups in total. The molecule has 0 fully saturated rings. The number of nitrogens with zero attached hydrogens (tertiary/aromatic N) is 2. The number of rotatable bonds is 7. The van der Waals surface area contributed by atoms with Gasteiger partial charge in [-0.1, -0.05) is 17.7 Å². The maximum Gasteiger partial charge on any atom is 0.272 e. The van der Waals surface area contributed by atoms with Gasteiger partial charge in [-0.2, -0.15) is 5.10 Å². The number of aryl methyl sites for hydroxylation is 3. The average Bonchev–Trinajstić information content (AvgIpc) is 2.62. The Kier molecular flexibility index (Phi) is 6.84. The number of methoxy groups -OCH3 is 1. The van der Waals surface area contributed by atoms with E-state index in [1.165, 1.54) is 19.2 Å². The second kappa shape index (κ2) is 9.09. The molecular formula is C19H24N4O4. The molecule has 0 saturated carbocycles. The summed E-state index contributed by atoms with van der Waals surface area (Å²) in [6.45, 7) is 6.16. The number of nitrogens with one attached hydrogen (secondary N) is 2. The van der Waals surface area contributed by atoms with Crippen LogP contribution in [0, 0.1) is 20.8 Å². The fourth-order valence-electron chi connectivity index (χ4n) is 2.72. The minimum atomic E-state index is -0.534. The number of benzene rings is 1. The number of carbonyl (C=O) groups is 2. The van der Waals surface area contributed by atoms with Crippen LogP contribution in [0.5, 0.6) is 0 Å². The summed E-state index contributed by atoms with van der Waals surface area (Å²) in [5, 5.41) is 9.32. The molecule has 0 aliphatic carbocycles. The van der Waals surface area contributed by atoms with Gasteiger partial charge in [0.05, 0.1) is 19.7 Å². The van der Waals surface area contributed by atoms with Crippen LogP contribution in [-0.4, -0.2) is 41.9 Å². The number of ether oxygens (including phenoxy) is 1. The van der Waals surface area contributed by atoms with Crippen molar-refractivity contribution in [1.82, 2.24) is 15.1 Å². The van der Waals surface area contributed by atoms with Gasteiger partial charge in [0.1, 0.15) is 5.69 Å². The second-order valence-corrected chi connectivity index (χ2v) is 6.28. The molecule has 0 saturated heterocycles. The van der Waals surface area contributed by atoms with E-state index in [9.17, 15) is 14.4 Å². The largest absolute Gasteiger partial charge is 0.383 e. The van der Waals surface area contributed by atoms with E-state index in [4.69, 9.17) is 4.74 Å². The fourth-order valence-corrected chi connectivity index (χ4v) is 2.72. The monoisotopic (exact) mass is 372 g/mol. The molecule has 0 bridgehead atoms. The molecule has 2 amide bonds. The van der Waals surface area contributed by atoms with Crippen LogP contribution in [0.3, 0.4) is 0 Å². The standard InChI is InChI=1S/C19H24N4O4/c1-12-9-13(2)18(14(3)10-12)21-16(24)11-20-19(26)15-5-6-17(25)23(22-15)7-8-27-4/h5-6,9-10H,7-8,11H2,1-4H3,(H,20,26)(H,21,24). The first kappa shape index (κ1) is 20.3. The fraction of sp³-hybridized carbons (Fsp3) is 0.368. The molecule has 0 radical (unpaired) electrons. The van der Waals surface area contributed by atoms with Gasteiger partial charge in [0.15, 0.2) is 0 Å². The highest BCUT2D eigenvalue weighted by molar-refractivity contribution is 5.98. The Morgan fingerprint density at radius 2 is 1.81 bits per heavy atom. The number of amides is 2. The Balaban J connectivity index is 1.99. The molecule has 27 heavy (non-hydrogen) atoms. The highest BCUT2D eigenvalue weighted by atomic mass is 16.5. The Labute approximate surface area is 157 Å². The SMILES string of the molecule is COCCn1nc(C(=O)NCC(=O)Nc2c(C)cc(C)cc2C)ccc1=O. The second-order valence-electron chi connectivity index (χ2n) is 6.28. The molecule has 8 nitrogen and oxygen atoms in total. The van der Waals surface area contributed by atoms with Gasteiger partial charge < -0.3 is 15.4 Å². The lowest BCUT2D eigenvalue weighted by Gasteiger charge is -2.13. The molecule has 144 valence electrons. The van der Waals surface area contributed by atoms with E-state index in [2.05, 4.69) is 15.7 Å². The number of carbonyl (C=O) groups excluding carboxylic acids is 2. The number of anilines is 1. The lowest BCUT2D eigenvalue weighted by Crippen LogP contribution is -2.35. The summed E-state index contributed by atoms with van der Waals surface area (Å²) >= 11 is 0. The van der Waals surface area contributed by atoms with E-state index >= 15 is 0 Å². The molecular weight excluding hydrogens is 348 g/mol. The summed E-state index contributed by atoms with van der Waals surface area (Å²) in [6, 6.07) is 6.55. The zero-order valence-electron chi connectivity index (χ0n) is 16.0. The molecule has 2 rings (SSSR count). The highest BCUT2D eigenvalue weighted by Gasteiger charge is 2.13. The van der Waals surface area contributed by atoms with Crippen molar-refractivity contribution in [3.8, 4) is 0 Å². The zero-order valence-corrected chi connectivity index (χ0v) is 16.0. The summed E-state index contributed by atoms with van der Waals surface area (Å²) in [5.74, 6) is -0.875. The van der Waals surface area contributed by atoms with Crippen molar-refractivity contribution in [3.63, 3.8) is 0 Å². The van der Waals surface area contributed by atoms with Crippen molar-refractivity contribution < 1.29 is 14.3 Å². The van der Waals surface area contributed by atoms with Crippen LogP contribution < -0.4 is 16.2 Å². The summed E-state index contributed by atoms with van der Waals surface area (Å²) in [6.07, 6.45) is 0. The van der Waals surface area contributed by atoms with Gasteiger partial charge in [-0.25, -0.2) is 4.68 Å². The van der Waals surface area contributed by atoms with Crippen molar-refractivity contribution in [2.45, 2.75) is 27.3 Å². The van der Waals surface area contributed by atoms with Gasteiger partial charge >= 0.3 is 0 Å². The molecule has 0 spiro atoms. The van der Waals surface area contributed by atoms with Crippen LogP contribution >= 0.6 is 0 Å². The van der Waals surface area contributed by atoms with Crippen molar-refractivity contribution >= 4 is 17.5 Å². The third-order valence-electron chi connectivity index (χ3n) is 3.96. The molecule has 0 aliphatic heterocycles. The van der Waals surface area contributed by atoms with Crippen LogP contribution in [0.2, 0.25) is 0 Å². The van der Waals surface area contributed by atoms with E-state index in [-0.39, 0.29) is 30.2 Å². The number of hydrogen-bond donors (Lipinski definition) is 2. The molecule has 0 unspecified atom stereocenters. The van der Waals surface area contributed by atoms with Crippen LogP contribution in [0.15, 0.2) is 29.1 Å². The molecule has 2 aromatic rings. The molecule has 8 heteroatoms. The molecule has 0 aliphatic rings. The van der Waals surface area contributed by atoms with Gasteiger partial charge in [0, 0.05) is 18.9 Å². The lowest BCUT2D eigenvalue weighted by atomic mass is 10.1. The van der Waals surface area contributed by atoms with E-state index in [1.54, 1.807) is 0 Å². The Morgan fingerprint density at radius 3 is 2.44 bits per heavy atom. The van der Waals surface area contributed by atoms with Gasteiger partial charge in [0.2, 0.25) is 5.91 Å². The summed E-state index contributed by atoms with van der Waals surface area (Å²) in [7, 11) is 1.51. The topological polar surface area (TPSA) is 102 Å². The van der Waals surface area contributed by atoms with Crippen LogP contribution in [0.1, 0.15) is 27.2 Å². The Morgan fingerprint density at radius 1 is 1.15 bits per heavy atom. The third kappa shape index (κ3) is 5.49. The smallest absolute Gasteiger partial charge is 0.272 e. The quantitative estimate of drug-likeness (QED) is 0.760. The molecule has 1 aromatic heterocycles. The normalized spacial score (nSPS) is 10.5. The summed E-state index contributed by atoms with van der Waals surface area (Å²) in [5.41, 5.74) is 3.50.